The molecule has 1 aliphatic rings. The lowest BCUT2D eigenvalue weighted by Crippen LogP contribution is -2.35. The molecule has 2 rings (SSSR count). The molecule has 0 saturated heterocycles. The largest absolute Gasteiger partial charge is 0.241 e. The second-order valence-corrected chi connectivity index (χ2v) is 8.69. The number of hydrogen-bond acceptors (Lipinski definition) is 2. The monoisotopic (exact) mass is 423 g/mol. The fourth-order valence-electron chi connectivity index (χ4n) is 2.54. The van der Waals surface area contributed by atoms with Crippen LogP contribution in [-0.4, -0.2) is 14.5 Å². The fraction of sp³-hybridized carbons (Fsp3) is 0.571. The summed E-state index contributed by atoms with van der Waals surface area (Å²) in [6.07, 6.45) is 7.77. The Hall–Kier alpha value is 0.0900. The highest BCUT2D eigenvalue weighted by Gasteiger charge is 2.22. The van der Waals surface area contributed by atoms with E-state index >= 15 is 0 Å². The van der Waals surface area contributed by atoms with Crippen LogP contribution in [-0.2, 0) is 10.0 Å². The molecule has 0 bridgehead atoms. The molecular weight excluding hydrogens is 406 g/mol. The second kappa shape index (κ2) is 7.38. The summed E-state index contributed by atoms with van der Waals surface area (Å²) in [5.41, 5.74) is 0. The minimum Gasteiger partial charge on any atom is -0.208 e. The van der Waals surface area contributed by atoms with Crippen molar-refractivity contribution >= 4 is 41.9 Å². The molecule has 1 aromatic carbocycles. The van der Waals surface area contributed by atoms with Crippen molar-refractivity contribution in [2.24, 2.45) is 0 Å². The minimum atomic E-state index is -3.47. The zero-order chi connectivity index (χ0) is 14.6. The Bertz CT molecular complexity index is 552. The predicted molar refractivity (Wildman–Crippen MR) is 88.3 cm³/mol. The minimum absolute atomic E-state index is 0.0613. The summed E-state index contributed by atoms with van der Waals surface area (Å²) >= 11 is 6.64. The predicted octanol–water partition coefficient (Wildman–Crippen LogP) is 4.60. The average molecular weight is 425 g/mol. The molecule has 3 nitrogen and oxygen atoms in total. The summed E-state index contributed by atoms with van der Waals surface area (Å²) in [5.74, 6) is 0. The van der Waals surface area contributed by atoms with Crippen LogP contribution < -0.4 is 4.72 Å². The molecule has 0 aromatic heterocycles. The number of nitrogens with one attached hydrogen (secondary N) is 1. The first kappa shape index (κ1) is 16.5. The van der Waals surface area contributed by atoms with Gasteiger partial charge in [0.15, 0.2) is 0 Å². The Balaban J connectivity index is 2.15. The highest BCUT2D eigenvalue weighted by molar-refractivity contribution is 9.11. The zero-order valence-electron chi connectivity index (χ0n) is 11.2. The highest BCUT2D eigenvalue weighted by Crippen LogP contribution is 2.27. The Morgan fingerprint density at radius 2 is 1.60 bits per heavy atom. The van der Waals surface area contributed by atoms with Crippen LogP contribution in [0.5, 0.6) is 0 Å². The molecule has 1 fully saturated rings. The molecule has 6 heteroatoms. The third-order valence-corrected chi connectivity index (χ3v) is 6.62. The quantitative estimate of drug-likeness (QED) is 0.770. The molecule has 0 amide bonds. The van der Waals surface area contributed by atoms with Gasteiger partial charge in [-0.1, -0.05) is 48.0 Å². The van der Waals surface area contributed by atoms with Gasteiger partial charge < -0.3 is 0 Å². The van der Waals surface area contributed by atoms with Gasteiger partial charge in [-0.3, -0.25) is 0 Å². The summed E-state index contributed by atoms with van der Waals surface area (Å²) < 4.78 is 29.2. The first-order chi connectivity index (χ1) is 9.49. The molecule has 0 heterocycles. The van der Waals surface area contributed by atoms with E-state index in [0.29, 0.717) is 9.37 Å². The van der Waals surface area contributed by atoms with E-state index in [1.165, 1.54) is 19.3 Å². The van der Waals surface area contributed by atoms with E-state index in [0.717, 1.165) is 30.2 Å². The second-order valence-electron chi connectivity index (χ2n) is 5.24. The van der Waals surface area contributed by atoms with E-state index in [-0.39, 0.29) is 6.04 Å². The van der Waals surface area contributed by atoms with Crippen molar-refractivity contribution in [1.29, 1.82) is 0 Å². The smallest absolute Gasteiger partial charge is 0.208 e. The molecule has 112 valence electrons. The molecule has 0 unspecified atom stereocenters. The van der Waals surface area contributed by atoms with Gasteiger partial charge in [0.1, 0.15) is 0 Å². The van der Waals surface area contributed by atoms with Crippen LogP contribution >= 0.6 is 31.9 Å². The van der Waals surface area contributed by atoms with Crippen LogP contribution in [0.15, 0.2) is 32.0 Å². The van der Waals surface area contributed by atoms with Crippen LogP contribution in [0, 0.1) is 0 Å². The maximum atomic E-state index is 12.5. The fourth-order valence-corrected chi connectivity index (χ4v) is 5.35. The maximum absolute atomic E-state index is 12.5. The van der Waals surface area contributed by atoms with Crippen molar-refractivity contribution in [3.8, 4) is 0 Å². The summed E-state index contributed by atoms with van der Waals surface area (Å²) in [5, 5.41) is 0. The van der Waals surface area contributed by atoms with Crippen LogP contribution in [0.25, 0.3) is 0 Å². The van der Waals surface area contributed by atoms with Gasteiger partial charge in [0, 0.05) is 15.0 Å². The van der Waals surface area contributed by atoms with E-state index in [4.69, 9.17) is 0 Å². The summed E-state index contributed by atoms with van der Waals surface area (Å²) in [7, 11) is -3.47. The standard InChI is InChI=1S/C14H19Br2NO2S/c15-11-8-9-13(16)14(10-11)20(18,19)17-12-6-4-2-1-3-5-7-12/h8-10,12,17H,1-7H2. The van der Waals surface area contributed by atoms with Crippen molar-refractivity contribution in [2.75, 3.05) is 0 Å². The van der Waals surface area contributed by atoms with E-state index in [9.17, 15) is 8.42 Å². The summed E-state index contributed by atoms with van der Waals surface area (Å²) in [4.78, 5) is 0.300. The topological polar surface area (TPSA) is 46.2 Å². The molecule has 0 atom stereocenters. The SMILES string of the molecule is O=S(=O)(NC1CCCCCCC1)c1cc(Br)ccc1Br. The van der Waals surface area contributed by atoms with Crippen molar-refractivity contribution < 1.29 is 8.42 Å². The maximum Gasteiger partial charge on any atom is 0.241 e. The van der Waals surface area contributed by atoms with Gasteiger partial charge in [0.2, 0.25) is 10.0 Å². The normalized spacial score (nSPS) is 18.5. The Kier molecular flexibility index (Phi) is 6.08. The van der Waals surface area contributed by atoms with E-state index in [2.05, 4.69) is 36.6 Å². The van der Waals surface area contributed by atoms with Gasteiger partial charge in [-0.2, -0.15) is 0 Å². The van der Waals surface area contributed by atoms with Crippen molar-refractivity contribution in [1.82, 2.24) is 4.72 Å². The molecule has 0 aliphatic heterocycles. The molecule has 0 spiro atoms. The molecule has 20 heavy (non-hydrogen) atoms. The molecule has 1 aromatic rings. The molecular formula is C14H19Br2NO2S. The highest BCUT2D eigenvalue weighted by atomic mass is 79.9. The molecule has 0 radical (unpaired) electrons. The molecule has 1 saturated carbocycles. The zero-order valence-corrected chi connectivity index (χ0v) is 15.2. The average Bonchev–Trinajstić information content (AvgIpc) is 2.35. The van der Waals surface area contributed by atoms with Crippen molar-refractivity contribution in [3.05, 3.63) is 27.1 Å². The first-order valence-electron chi connectivity index (χ1n) is 6.96. The van der Waals surface area contributed by atoms with Crippen LogP contribution in [0.1, 0.15) is 44.9 Å². The summed E-state index contributed by atoms with van der Waals surface area (Å²) in [6, 6.07) is 5.26. The lowest BCUT2D eigenvalue weighted by atomic mass is 9.97. The van der Waals surface area contributed by atoms with Gasteiger partial charge in [-0.05, 0) is 47.0 Å². The van der Waals surface area contributed by atoms with E-state index < -0.39 is 10.0 Å². The molecule has 1 N–H and O–H groups in total. The van der Waals surface area contributed by atoms with Gasteiger partial charge >= 0.3 is 0 Å². The van der Waals surface area contributed by atoms with Gasteiger partial charge in [-0.15, -0.1) is 0 Å². The lowest BCUT2D eigenvalue weighted by molar-refractivity contribution is 0.426. The van der Waals surface area contributed by atoms with Gasteiger partial charge in [0.25, 0.3) is 0 Å². The number of hydrogen-bond donors (Lipinski definition) is 1. The number of rotatable bonds is 3. The number of halogens is 2. The van der Waals surface area contributed by atoms with Crippen molar-refractivity contribution in [2.45, 2.75) is 55.9 Å². The Labute approximate surface area is 137 Å². The number of sulfonamides is 1. The third kappa shape index (κ3) is 4.55. The third-order valence-electron chi connectivity index (χ3n) is 3.61. The van der Waals surface area contributed by atoms with Crippen LogP contribution in [0.2, 0.25) is 0 Å². The van der Waals surface area contributed by atoms with E-state index in [1.807, 2.05) is 6.07 Å². The Morgan fingerprint density at radius 1 is 1.00 bits per heavy atom. The number of benzene rings is 1. The molecule has 1 aliphatic carbocycles. The van der Waals surface area contributed by atoms with Crippen molar-refractivity contribution in [3.63, 3.8) is 0 Å². The van der Waals surface area contributed by atoms with Gasteiger partial charge in [-0.25, -0.2) is 13.1 Å². The van der Waals surface area contributed by atoms with Crippen LogP contribution in [0.4, 0.5) is 0 Å². The first-order valence-corrected chi connectivity index (χ1v) is 10.0. The van der Waals surface area contributed by atoms with E-state index in [1.54, 1.807) is 12.1 Å². The summed E-state index contributed by atoms with van der Waals surface area (Å²) in [6.45, 7) is 0. The Morgan fingerprint density at radius 3 is 2.25 bits per heavy atom. The van der Waals surface area contributed by atoms with Crippen LogP contribution in [0.3, 0.4) is 0 Å². The lowest BCUT2D eigenvalue weighted by Gasteiger charge is -2.21. The van der Waals surface area contributed by atoms with Gasteiger partial charge in [0.05, 0.1) is 4.90 Å².